The Bertz CT molecular complexity index is 1500. The average Bonchev–Trinajstić information content (AvgIpc) is 3.04. The summed E-state index contributed by atoms with van der Waals surface area (Å²) in [6.07, 6.45) is 1.14. The quantitative estimate of drug-likeness (QED) is 0.100. The van der Waals surface area contributed by atoms with Crippen molar-refractivity contribution < 1.29 is 151 Å². The number of hydrogen-bond acceptors (Lipinski definition) is 14. The van der Waals surface area contributed by atoms with Crippen molar-refractivity contribution in [3.8, 4) is 34.5 Å². The Morgan fingerprint density at radius 1 is 0.441 bits per heavy atom. The first-order chi connectivity index (χ1) is 26.6. The van der Waals surface area contributed by atoms with Crippen LogP contribution in [0.3, 0.4) is 0 Å². The van der Waals surface area contributed by atoms with Gasteiger partial charge in [-0.05, 0) is 12.1 Å². The molecule has 0 unspecified atom stereocenters. The predicted molar refractivity (Wildman–Crippen MR) is 194 cm³/mol. The Morgan fingerprint density at radius 3 is 0.966 bits per heavy atom. The summed E-state index contributed by atoms with van der Waals surface area (Å²) in [6, 6.07) is 7.72. The van der Waals surface area contributed by atoms with E-state index < -0.39 is 5.79 Å². The molecule has 4 fully saturated rings. The van der Waals surface area contributed by atoms with Crippen LogP contribution in [-0.4, -0.2) is 112 Å². The summed E-state index contributed by atoms with van der Waals surface area (Å²) in [6.45, 7) is 15.9. The van der Waals surface area contributed by atoms with Gasteiger partial charge < -0.3 is 66.3 Å². The van der Waals surface area contributed by atoms with Gasteiger partial charge in [-0.1, -0.05) is 107 Å². The summed E-state index contributed by atoms with van der Waals surface area (Å²) in [7, 11) is 0. The molecule has 6 aliphatic heterocycles. The van der Waals surface area contributed by atoms with Gasteiger partial charge in [0.25, 0.3) is 5.79 Å². The topological polar surface area (TPSA) is 129 Å². The Balaban J connectivity index is 0.00000192. The molecule has 0 N–H and O–H groups in total. The second-order valence-electron chi connectivity index (χ2n) is 16.2. The van der Waals surface area contributed by atoms with Crippen LogP contribution in [0.15, 0.2) is 24.3 Å². The fourth-order valence-electron chi connectivity index (χ4n) is 7.41. The van der Waals surface area contributed by atoms with E-state index in [0.717, 1.165) is 11.1 Å². The van der Waals surface area contributed by atoms with Crippen LogP contribution < -0.4 is 28.4 Å². The normalized spacial score (nSPS) is 20.9. The molecular weight excluding hydrogens is 1450 g/mol. The van der Waals surface area contributed by atoms with Crippen LogP contribution in [0, 0.1) is 23.7 Å². The summed E-state index contributed by atoms with van der Waals surface area (Å²) in [5.41, 5.74) is 1.19. The molecule has 0 amide bonds. The molecule has 0 bridgehead atoms. The molecule has 0 atom stereocenters. The summed E-state index contributed by atoms with van der Waals surface area (Å²) < 4.78 is 82.7. The van der Waals surface area contributed by atoms with Gasteiger partial charge >= 0.3 is 0 Å². The third-order valence-electron chi connectivity index (χ3n) is 10.4. The minimum absolute atomic E-state index is 0. The van der Waals surface area contributed by atoms with E-state index in [1.165, 1.54) is 23.7 Å². The molecule has 0 radical (unpaired) electrons. The van der Waals surface area contributed by atoms with Crippen LogP contribution in [0.2, 0.25) is 0 Å². The van der Waals surface area contributed by atoms with Crippen molar-refractivity contribution >= 4 is 0 Å². The minimum atomic E-state index is -1.00. The summed E-state index contributed by atoms with van der Waals surface area (Å²) in [4.78, 5) is 0. The predicted octanol–water partition coefficient (Wildman–Crippen LogP) is 5.02. The molecule has 4 saturated heterocycles. The summed E-state index contributed by atoms with van der Waals surface area (Å²) >= 11 is 0. The molecule has 0 aromatic heterocycles. The third kappa shape index (κ3) is 12.9. The van der Waals surface area contributed by atoms with Gasteiger partial charge in [-0.2, -0.15) is 0 Å². The van der Waals surface area contributed by atoms with Crippen LogP contribution in [0.5, 0.6) is 34.5 Å². The first kappa shape index (κ1) is 51.3. The van der Waals surface area contributed by atoms with Crippen molar-refractivity contribution in [2.45, 2.75) is 57.2 Å². The molecule has 6 aliphatic rings. The van der Waals surface area contributed by atoms with Crippen LogP contribution in [0.25, 0.3) is 0 Å². The van der Waals surface area contributed by atoms with Gasteiger partial charge in [0.1, 0.15) is 11.5 Å². The zero-order valence-corrected chi connectivity index (χ0v) is 45.6. The van der Waals surface area contributed by atoms with Gasteiger partial charge in [-0.15, -0.1) is 0 Å². The maximum Gasteiger partial charge on any atom is 0.252 e. The maximum absolute atomic E-state index is 6.95. The van der Waals surface area contributed by atoms with Crippen molar-refractivity contribution in [1.82, 2.24) is 0 Å². The molecule has 2 aromatic rings. The maximum atomic E-state index is 6.95. The largest absolute Gasteiger partial charge is 0.464 e. The van der Waals surface area contributed by atoms with Crippen molar-refractivity contribution in [1.29, 1.82) is 0 Å². The van der Waals surface area contributed by atoms with Gasteiger partial charge in [0, 0.05) is 131 Å². The van der Waals surface area contributed by atoms with E-state index in [4.69, 9.17) is 66.3 Å². The van der Waals surface area contributed by atoms with Gasteiger partial charge in [-0.3, -0.25) is 0 Å². The van der Waals surface area contributed by atoms with Crippen molar-refractivity contribution in [3.63, 3.8) is 0 Å². The standard InChI is InChI=1S/C41H52O14.4W/c1-39(2)21-41(54-33-7-37(52-25-48-19-29-13-44-14-29)35(5-31(33)39)50-23-46-17-27-9-42-10-27)22-40(3,4)32-6-36(51-24-47-18-28-11-43-12-28)38(8-34(32)55-41)53-26-49-20-30-15-45-16-30;;;;/h5-8H,9-26H2,1-4H3;;;;/q-4;;;;. The molecule has 18 heteroatoms. The van der Waals surface area contributed by atoms with Crippen LogP contribution in [-0.2, 0) is 133 Å². The second-order valence-corrected chi connectivity index (χ2v) is 16.2. The zero-order chi connectivity index (χ0) is 37.9. The van der Waals surface area contributed by atoms with Crippen molar-refractivity contribution in [3.05, 3.63) is 59.1 Å². The first-order valence-corrected chi connectivity index (χ1v) is 18.9. The van der Waals surface area contributed by atoms with Crippen LogP contribution in [0.1, 0.15) is 51.7 Å². The molecule has 0 saturated carbocycles. The first-order valence-electron chi connectivity index (χ1n) is 18.9. The third-order valence-corrected chi connectivity index (χ3v) is 10.4. The smallest absolute Gasteiger partial charge is 0.252 e. The molecule has 14 nitrogen and oxygen atoms in total. The van der Waals surface area contributed by atoms with E-state index in [2.05, 4.69) is 27.7 Å². The van der Waals surface area contributed by atoms with Gasteiger partial charge in [0.05, 0.1) is 0 Å². The average molecular weight is 1500 g/mol. The summed E-state index contributed by atoms with van der Waals surface area (Å²) in [5.74, 6) is 7.13. The molecule has 8 rings (SSSR count). The number of hydrogen-bond donors (Lipinski definition) is 0. The Kier molecular flexibility index (Phi) is 20.0. The van der Waals surface area contributed by atoms with Crippen LogP contribution in [0.4, 0.5) is 0 Å². The SMILES string of the molecule is CC1(C)CC2(CC(C)(C)c3cc(OCOC[C-]4COC4)c(OCOC[C-]4COC4)cc3O2)Oc2cc(OCOC[C-]3COC3)c(OCOC[C-]3COC3)cc21.[W].[W].[W].[W]. The van der Waals surface area contributed by atoms with Gasteiger partial charge in [0.2, 0.25) is 0 Å². The number of rotatable bonds is 20. The van der Waals surface area contributed by atoms with E-state index in [1.807, 2.05) is 24.3 Å². The Morgan fingerprint density at radius 2 is 0.712 bits per heavy atom. The van der Waals surface area contributed by atoms with Crippen molar-refractivity contribution in [2.24, 2.45) is 0 Å². The fourth-order valence-corrected chi connectivity index (χ4v) is 7.41. The summed E-state index contributed by atoms with van der Waals surface area (Å²) in [5, 5.41) is 0. The fraction of sp³-hybridized carbons (Fsp3) is 0.610. The number of ether oxygens (including phenoxy) is 14. The second kappa shape index (κ2) is 23.0. The minimum Gasteiger partial charge on any atom is -0.464 e. The Labute approximate surface area is 404 Å². The van der Waals surface area contributed by atoms with E-state index >= 15 is 0 Å². The Hall–Kier alpha value is -0.327. The van der Waals surface area contributed by atoms with Gasteiger partial charge in [-0.25, -0.2) is 23.7 Å². The van der Waals surface area contributed by atoms with E-state index in [-0.39, 0.29) is 122 Å². The van der Waals surface area contributed by atoms with Crippen LogP contribution >= 0.6 is 0 Å². The molecular formula is C41H52O14W4-4. The molecule has 59 heavy (non-hydrogen) atoms. The molecule has 6 heterocycles. The van der Waals surface area contributed by atoms with E-state index in [9.17, 15) is 0 Å². The monoisotopic (exact) mass is 1500 g/mol. The van der Waals surface area contributed by atoms with Crippen molar-refractivity contribution in [2.75, 3.05) is 106 Å². The molecule has 0 aliphatic carbocycles. The number of benzene rings is 2. The number of fused-ring (bicyclic) bond motifs is 2. The van der Waals surface area contributed by atoms with E-state index in [0.29, 0.717) is 127 Å². The molecule has 328 valence electrons. The molecule has 1 spiro atoms. The van der Waals surface area contributed by atoms with E-state index in [1.54, 1.807) is 0 Å². The molecule has 2 aromatic carbocycles. The van der Waals surface area contributed by atoms with Gasteiger partial charge in [0.15, 0.2) is 50.2 Å². The zero-order valence-electron chi connectivity index (χ0n) is 33.9.